The highest BCUT2D eigenvalue weighted by Gasteiger charge is 2.35. The normalized spacial score (nSPS) is 17.7. The molecule has 0 aromatic heterocycles. The summed E-state index contributed by atoms with van der Waals surface area (Å²) in [6, 6.07) is 13.8. The number of Topliss-reactive ketones (excluding diaryl/α,β-unsaturated/α-hetero) is 1. The van der Waals surface area contributed by atoms with Crippen molar-refractivity contribution >= 4 is 15.8 Å². The molecule has 0 N–H and O–H groups in total. The Morgan fingerprint density at radius 3 is 2.12 bits per heavy atom. The van der Waals surface area contributed by atoms with E-state index in [1.54, 1.807) is 12.1 Å². The lowest BCUT2D eigenvalue weighted by Crippen LogP contribution is -2.39. The largest absolute Gasteiger partial charge is 0.416 e. The van der Waals surface area contributed by atoms with Gasteiger partial charge in [0.15, 0.2) is 0 Å². The van der Waals surface area contributed by atoms with Crippen LogP contribution in [0.3, 0.4) is 0 Å². The standard InChI is InChI=1S/C32H33F6NO3S/c1-20(2)14-30(21(3)40)26-16-24(22-9-11-27(12-10-22)31(33,34)35)15-25(17-26)23-6-5-13-39(19-23)43(41,42)29-8-4-7-28(18-29)32(36,37)38/h4,7-12,15-18,20,23,30H,5-6,13-14,19H2,1-3H3. The van der Waals surface area contributed by atoms with Gasteiger partial charge in [-0.3, -0.25) is 4.79 Å². The molecule has 0 radical (unpaired) electrons. The van der Waals surface area contributed by atoms with Crippen LogP contribution in [-0.4, -0.2) is 31.6 Å². The Kier molecular flexibility index (Phi) is 9.47. The number of ketones is 1. The third-order valence-corrected chi connectivity index (χ3v) is 9.64. The highest BCUT2D eigenvalue weighted by atomic mass is 32.2. The number of sulfonamides is 1. The number of carbonyl (C=O) groups excluding carboxylic acids is 1. The van der Waals surface area contributed by atoms with Crippen LogP contribution in [0.2, 0.25) is 0 Å². The van der Waals surface area contributed by atoms with Crippen LogP contribution >= 0.6 is 0 Å². The van der Waals surface area contributed by atoms with Crippen molar-refractivity contribution < 1.29 is 39.6 Å². The quantitative estimate of drug-likeness (QED) is 0.236. The fourth-order valence-electron chi connectivity index (χ4n) is 5.55. The Morgan fingerprint density at radius 1 is 0.884 bits per heavy atom. The van der Waals surface area contributed by atoms with Crippen molar-refractivity contribution in [2.45, 2.75) is 69.1 Å². The fraction of sp³-hybridized carbons (Fsp3) is 0.406. The Balaban J connectivity index is 1.74. The van der Waals surface area contributed by atoms with Crippen molar-refractivity contribution in [3.8, 4) is 11.1 Å². The number of piperidine rings is 1. The highest BCUT2D eigenvalue weighted by Crippen LogP contribution is 2.38. The van der Waals surface area contributed by atoms with E-state index < -0.39 is 44.3 Å². The molecular formula is C32H33F6NO3S. The number of hydrogen-bond acceptors (Lipinski definition) is 3. The molecule has 2 unspecified atom stereocenters. The maximum atomic E-state index is 13.5. The first-order chi connectivity index (χ1) is 20.0. The Hall–Kier alpha value is -3.18. The predicted octanol–water partition coefficient (Wildman–Crippen LogP) is 8.68. The number of halogens is 6. The van der Waals surface area contributed by atoms with Gasteiger partial charge in [-0.15, -0.1) is 0 Å². The zero-order chi connectivity index (χ0) is 31.7. The molecule has 4 nitrogen and oxygen atoms in total. The van der Waals surface area contributed by atoms with E-state index in [2.05, 4.69) is 0 Å². The van der Waals surface area contributed by atoms with Gasteiger partial charge in [-0.2, -0.15) is 30.6 Å². The molecule has 1 fully saturated rings. The molecule has 0 bridgehead atoms. The lowest BCUT2D eigenvalue weighted by Gasteiger charge is -2.33. The number of nitrogens with zero attached hydrogens (tertiary/aromatic N) is 1. The molecule has 0 saturated carbocycles. The molecule has 1 heterocycles. The Labute approximate surface area is 247 Å². The first-order valence-corrected chi connectivity index (χ1v) is 15.4. The summed E-state index contributed by atoms with van der Waals surface area (Å²) < 4.78 is 108. The number of carbonyl (C=O) groups is 1. The Morgan fingerprint density at radius 2 is 1.53 bits per heavy atom. The van der Waals surface area contributed by atoms with Crippen LogP contribution in [0.4, 0.5) is 26.3 Å². The summed E-state index contributed by atoms with van der Waals surface area (Å²) in [5, 5.41) is 0. The summed E-state index contributed by atoms with van der Waals surface area (Å²) >= 11 is 0. The third kappa shape index (κ3) is 7.67. The van der Waals surface area contributed by atoms with Crippen LogP contribution in [0.25, 0.3) is 11.1 Å². The van der Waals surface area contributed by atoms with Gasteiger partial charge in [0.05, 0.1) is 16.0 Å². The zero-order valence-electron chi connectivity index (χ0n) is 24.0. The average Bonchev–Trinajstić information content (AvgIpc) is 2.94. The zero-order valence-corrected chi connectivity index (χ0v) is 24.8. The van der Waals surface area contributed by atoms with Crippen LogP contribution in [-0.2, 0) is 27.2 Å². The second kappa shape index (κ2) is 12.4. The molecule has 11 heteroatoms. The van der Waals surface area contributed by atoms with E-state index in [1.807, 2.05) is 19.9 Å². The van der Waals surface area contributed by atoms with Crippen molar-refractivity contribution in [3.63, 3.8) is 0 Å². The van der Waals surface area contributed by atoms with Gasteiger partial charge in [-0.05, 0) is 90.6 Å². The van der Waals surface area contributed by atoms with Crippen LogP contribution in [0, 0.1) is 5.92 Å². The molecule has 3 aromatic rings. The molecule has 1 aliphatic heterocycles. The maximum absolute atomic E-state index is 13.5. The summed E-state index contributed by atoms with van der Waals surface area (Å²) in [6.45, 7) is 5.58. The van der Waals surface area contributed by atoms with Crippen LogP contribution in [0.1, 0.15) is 74.1 Å². The van der Waals surface area contributed by atoms with E-state index in [0.717, 1.165) is 30.3 Å². The monoisotopic (exact) mass is 625 g/mol. The van der Waals surface area contributed by atoms with Gasteiger partial charge in [-0.1, -0.05) is 50.2 Å². The second-order valence-corrected chi connectivity index (χ2v) is 13.4. The first-order valence-electron chi connectivity index (χ1n) is 14.0. The molecule has 43 heavy (non-hydrogen) atoms. The number of benzene rings is 3. The molecule has 2 atom stereocenters. The number of hydrogen-bond donors (Lipinski definition) is 0. The lowest BCUT2D eigenvalue weighted by atomic mass is 9.82. The Bertz CT molecular complexity index is 1560. The summed E-state index contributed by atoms with van der Waals surface area (Å²) in [5.74, 6) is -0.715. The SMILES string of the molecule is CC(=O)C(CC(C)C)c1cc(-c2ccc(C(F)(F)F)cc2)cc(C2CCCN(S(=O)(=O)c3cccc(C(F)(F)F)c3)C2)c1. The van der Waals surface area contributed by atoms with Crippen molar-refractivity contribution in [1.29, 1.82) is 0 Å². The van der Waals surface area contributed by atoms with Crippen molar-refractivity contribution in [2.75, 3.05) is 13.1 Å². The van der Waals surface area contributed by atoms with E-state index in [4.69, 9.17) is 0 Å². The van der Waals surface area contributed by atoms with E-state index >= 15 is 0 Å². The predicted molar refractivity (Wildman–Crippen MR) is 152 cm³/mol. The van der Waals surface area contributed by atoms with Crippen LogP contribution < -0.4 is 0 Å². The smallest absolute Gasteiger partial charge is 0.299 e. The van der Waals surface area contributed by atoms with Gasteiger partial charge in [0.25, 0.3) is 0 Å². The molecule has 1 saturated heterocycles. The van der Waals surface area contributed by atoms with Gasteiger partial charge in [-0.25, -0.2) is 8.42 Å². The van der Waals surface area contributed by atoms with Gasteiger partial charge >= 0.3 is 12.4 Å². The van der Waals surface area contributed by atoms with Crippen LogP contribution in [0.15, 0.2) is 71.6 Å². The minimum Gasteiger partial charge on any atom is -0.299 e. The van der Waals surface area contributed by atoms with Gasteiger partial charge in [0, 0.05) is 19.0 Å². The van der Waals surface area contributed by atoms with Crippen molar-refractivity contribution in [2.24, 2.45) is 5.92 Å². The first kappa shape index (κ1) is 32.7. The molecule has 0 aliphatic carbocycles. The molecular weight excluding hydrogens is 592 g/mol. The van der Waals surface area contributed by atoms with Gasteiger partial charge in [0.2, 0.25) is 10.0 Å². The summed E-state index contributed by atoms with van der Waals surface area (Å²) in [6.07, 6.45) is -7.62. The molecule has 1 aliphatic rings. The fourth-order valence-corrected chi connectivity index (χ4v) is 7.12. The lowest BCUT2D eigenvalue weighted by molar-refractivity contribution is -0.138. The average molecular weight is 626 g/mol. The molecule has 0 amide bonds. The van der Waals surface area contributed by atoms with E-state index in [0.29, 0.717) is 47.6 Å². The van der Waals surface area contributed by atoms with Crippen molar-refractivity contribution in [3.05, 3.63) is 89.0 Å². The van der Waals surface area contributed by atoms with Gasteiger partial charge in [0.1, 0.15) is 5.78 Å². The molecule has 232 valence electrons. The van der Waals surface area contributed by atoms with E-state index in [-0.39, 0.29) is 30.7 Å². The second-order valence-electron chi connectivity index (χ2n) is 11.5. The highest BCUT2D eigenvalue weighted by molar-refractivity contribution is 7.89. The topological polar surface area (TPSA) is 54.5 Å². The number of rotatable bonds is 8. The molecule has 0 spiro atoms. The van der Waals surface area contributed by atoms with E-state index in [1.165, 1.54) is 23.4 Å². The van der Waals surface area contributed by atoms with E-state index in [9.17, 15) is 39.6 Å². The van der Waals surface area contributed by atoms with Crippen LogP contribution in [0.5, 0.6) is 0 Å². The third-order valence-electron chi connectivity index (χ3n) is 7.78. The maximum Gasteiger partial charge on any atom is 0.416 e. The molecule has 4 rings (SSSR count). The van der Waals surface area contributed by atoms with Crippen molar-refractivity contribution in [1.82, 2.24) is 4.31 Å². The number of alkyl halides is 6. The summed E-state index contributed by atoms with van der Waals surface area (Å²) in [4.78, 5) is 12.3. The van der Waals surface area contributed by atoms with Gasteiger partial charge < -0.3 is 0 Å². The minimum absolute atomic E-state index is 0.00338. The summed E-state index contributed by atoms with van der Waals surface area (Å²) in [5.41, 5.74) is 0.646. The minimum atomic E-state index is -4.70. The molecule has 3 aromatic carbocycles. The summed E-state index contributed by atoms with van der Waals surface area (Å²) in [7, 11) is -4.25.